The van der Waals surface area contributed by atoms with Crippen LogP contribution in [0.25, 0.3) is 0 Å². The van der Waals surface area contributed by atoms with Crippen LogP contribution in [0.2, 0.25) is 0 Å². The Hall–Kier alpha value is -1.93. The van der Waals surface area contributed by atoms with Crippen LogP contribution in [0.15, 0.2) is 29.6 Å². The quantitative estimate of drug-likeness (QED) is 0.447. The number of aromatic nitrogens is 1. The summed E-state index contributed by atoms with van der Waals surface area (Å²) in [5, 5.41) is 8.26. The fourth-order valence-electron chi connectivity index (χ4n) is 3.82. The lowest BCUT2D eigenvalue weighted by Gasteiger charge is -2.27. The third kappa shape index (κ3) is 7.92. The highest BCUT2D eigenvalue weighted by atomic mass is 32.2. The number of hydrogen-bond acceptors (Lipinski definition) is 5. The fourth-order valence-corrected chi connectivity index (χ4v) is 5.36. The van der Waals surface area contributed by atoms with Gasteiger partial charge in [-0.05, 0) is 55.9 Å². The molecule has 0 saturated heterocycles. The molecular formula is C23H30FN3O2S2. The van der Waals surface area contributed by atoms with Gasteiger partial charge in [-0.25, -0.2) is 9.37 Å². The monoisotopic (exact) mass is 463 g/mol. The molecule has 168 valence electrons. The molecule has 3 rings (SSSR count). The van der Waals surface area contributed by atoms with E-state index in [1.54, 1.807) is 0 Å². The molecule has 1 aliphatic carbocycles. The van der Waals surface area contributed by atoms with E-state index in [4.69, 9.17) is 0 Å². The Morgan fingerprint density at radius 2 is 1.90 bits per heavy atom. The van der Waals surface area contributed by atoms with Gasteiger partial charge in [0, 0.05) is 22.7 Å². The molecule has 1 aliphatic rings. The third-order valence-electron chi connectivity index (χ3n) is 5.58. The SMILES string of the molecule is CCCCC1CCC(C(=O)Nc2nc(CSCC(=O)Nc3ccc(F)cc3)cs2)CC1. The van der Waals surface area contributed by atoms with Gasteiger partial charge >= 0.3 is 0 Å². The van der Waals surface area contributed by atoms with Gasteiger partial charge < -0.3 is 10.6 Å². The van der Waals surface area contributed by atoms with Gasteiger partial charge in [0.15, 0.2) is 5.13 Å². The average Bonchev–Trinajstić information content (AvgIpc) is 3.21. The summed E-state index contributed by atoms with van der Waals surface area (Å²) in [7, 11) is 0. The average molecular weight is 464 g/mol. The molecule has 2 N–H and O–H groups in total. The predicted molar refractivity (Wildman–Crippen MR) is 127 cm³/mol. The van der Waals surface area contributed by atoms with Gasteiger partial charge in [-0.3, -0.25) is 9.59 Å². The molecule has 0 unspecified atom stereocenters. The van der Waals surface area contributed by atoms with Crippen molar-refractivity contribution in [2.45, 2.75) is 57.6 Å². The molecule has 31 heavy (non-hydrogen) atoms. The van der Waals surface area contributed by atoms with Crippen molar-refractivity contribution in [2.24, 2.45) is 11.8 Å². The smallest absolute Gasteiger partial charge is 0.234 e. The molecule has 0 bridgehead atoms. The van der Waals surface area contributed by atoms with Crippen LogP contribution in [0, 0.1) is 17.7 Å². The van der Waals surface area contributed by atoms with Crippen LogP contribution >= 0.6 is 23.1 Å². The zero-order chi connectivity index (χ0) is 22.1. The summed E-state index contributed by atoms with van der Waals surface area (Å²) < 4.78 is 12.9. The molecular weight excluding hydrogens is 433 g/mol. The molecule has 1 heterocycles. The molecule has 0 spiro atoms. The minimum atomic E-state index is -0.335. The fraction of sp³-hybridized carbons (Fsp3) is 0.522. The molecule has 1 aromatic heterocycles. The minimum Gasteiger partial charge on any atom is -0.325 e. The number of rotatable bonds is 10. The van der Waals surface area contributed by atoms with Gasteiger partial charge in [-0.2, -0.15) is 0 Å². The molecule has 0 radical (unpaired) electrons. The maximum atomic E-state index is 12.9. The van der Waals surface area contributed by atoms with Crippen LogP contribution in [0.4, 0.5) is 15.2 Å². The van der Waals surface area contributed by atoms with Crippen LogP contribution in [0.1, 0.15) is 57.6 Å². The zero-order valence-electron chi connectivity index (χ0n) is 17.9. The van der Waals surface area contributed by atoms with E-state index in [1.165, 1.54) is 66.6 Å². The molecule has 2 amide bonds. The molecule has 2 aromatic rings. The van der Waals surface area contributed by atoms with Crippen LogP contribution in [-0.2, 0) is 15.3 Å². The number of nitrogens with one attached hydrogen (secondary N) is 2. The van der Waals surface area contributed by atoms with E-state index >= 15 is 0 Å². The standard InChI is InChI=1S/C23H30FN3O2S2/c1-2-3-4-16-5-7-17(8-6-16)22(29)27-23-26-20(14-31-23)13-30-15-21(28)25-19-11-9-18(24)10-12-19/h9-12,14,16-17H,2-8,13,15H2,1H3,(H,25,28)(H,26,27,29). The van der Waals surface area contributed by atoms with E-state index < -0.39 is 0 Å². The van der Waals surface area contributed by atoms with Gasteiger partial charge in [-0.1, -0.05) is 26.2 Å². The van der Waals surface area contributed by atoms with Crippen LogP contribution in [0.3, 0.4) is 0 Å². The largest absolute Gasteiger partial charge is 0.325 e. The van der Waals surface area contributed by atoms with Crippen molar-refractivity contribution in [3.63, 3.8) is 0 Å². The van der Waals surface area contributed by atoms with Gasteiger partial charge in [-0.15, -0.1) is 23.1 Å². The summed E-state index contributed by atoms with van der Waals surface area (Å²) >= 11 is 2.87. The van der Waals surface area contributed by atoms with Gasteiger partial charge in [0.2, 0.25) is 11.8 Å². The molecule has 1 aromatic carbocycles. The number of halogens is 1. The van der Waals surface area contributed by atoms with E-state index in [1.807, 2.05) is 5.38 Å². The topological polar surface area (TPSA) is 71.1 Å². The number of thioether (sulfide) groups is 1. The van der Waals surface area contributed by atoms with Crippen molar-refractivity contribution < 1.29 is 14.0 Å². The third-order valence-corrected chi connectivity index (χ3v) is 7.35. The number of hydrogen-bond donors (Lipinski definition) is 2. The highest BCUT2D eigenvalue weighted by Crippen LogP contribution is 2.33. The van der Waals surface area contributed by atoms with Crippen molar-refractivity contribution in [1.82, 2.24) is 4.98 Å². The number of nitrogens with zero attached hydrogens (tertiary/aromatic N) is 1. The highest BCUT2D eigenvalue weighted by molar-refractivity contribution is 7.99. The van der Waals surface area contributed by atoms with Crippen LogP contribution < -0.4 is 10.6 Å². The van der Waals surface area contributed by atoms with Crippen molar-refractivity contribution in [3.8, 4) is 0 Å². The highest BCUT2D eigenvalue weighted by Gasteiger charge is 2.26. The maximum Gasteiger partial charge on any atom is 0.234 e. The molecule has 1 fully saturated rings. The van der Waals surface area contributed by atoms with Gasteiger partial charge in [0.1, 0.15) is 5.82 Å². The predicted octanol–water partition coefficient (Wildman–Crippen LogP) is 6.09. The summed E-state index contributed by atoms with van der Waals surface area (Å²) in [4.78, 5) is 29.0. The van der Waals surface area contributed by atoms with Crippen molar-refractivity contribution in [3.05, 3.63) is 41.2 Å². The number of amides is 2. The number of carbonyl (C=O) groups excluding carboxylic acids is 2. The minimum absolute atomic E-state index is 0.0844. The first-order valence-electron chi connectivity index (χ1n) is 10.9. The van der Waals surface area contributed by atoms with Gasteiger partial charge in [0.25, 0.3) is 0 Å². The lowest BCUT2D eigenvalue weighted by molar-refractivity contribution is -0.121. The second-order valence-electron chi connectivity index (χ2n) is 8.04. The second kappa shape index (κ2) is 12.2. The summed E-state index contributed by atoms with van der Waals surface area (Å²) in [5.74, 6) is 1.35. The Bertz CT molecular complexity index is 849. The number of thiazole rings is 1. The normalized spacial score (nSPS) is 18.5. The summed E-state index contributed by atoms with van der Waals surface area (Å²) in [6.07, 6.45) is 8.06. The summed E-state index contributed by atoms with van der Waals surface area (Å²) in [6, 6.07) is 5.69. The lowest BCUT2D eigenvalue weighted by Crippen LogP contribution is -2.27. The Labute approximate surface area is 191 Å². The Kier molecular flexibility index (Phi) is 9.33. The number of carbonyl (C=O) groups is 2. The van der Waals surface area contributed by atoms with E-state index in [9.17, 15) is 14.0 Å². The lowest BCUT2D eigenvalue weighted by atomic mass is 9.79. The molecule has 0 aliphatic heterocycles. The van der Waals surface area contributed by atoms with E-state index in [2.05, 4.69) is 22.5 Å². The molecule has 1 saturated carbocycles. The maximum absolute atomic E-state index is 12.9. The van der Waals surface area contributed by atoms with E-state index in [0.29, 0.717) is 16.6 Å². The number of benzene rings is 1. The first-order valence-corrected chi connectivity index (χ1v) is 13.0. The summed E-state index contributed by atoms with van der Waals surface area (Å²) in [6.45, 7) is 2.22. The Morgan fingerprint density at radius 3 is 2.61 bits per heavy atom. The molecule has 8 heteroatoms. The molecule has 0 atom stereocenters. The van der Waals surface area contributed by atoms with Crippen molar-refractivity contribution >= 4 is 45.7 Å². The van der Waals surface area contributed by atoms with Crippen molar-refractivity contribution in [2.75, 3.05) is 16.4 Å². The van der Waals surface area contributed by atoms with Gasteiger partial charge in [0.05, 0.1) is 11.4 Å². The summed E-state index contributed by atoms with van der Waals surface area (Å²) in [5.41, 5.74) is 1.42. The van der Waals surface area contributed by atoms with E-state index in [0.717, 1.165) is 37.3 Å². The number of unbranched alkanes of at least 4 members (excludes halogenated alkanes) is 1. The van der Waals surface area contributed by atoms with Crippen LogP contribution in [-0.4, -0.2) is 22.6 Å². The second-order valence-corrected chi connectivity index (χ2v) is 9.88. The van der Waals surface area contributed by atoms with Crippen LogP contribution in [0.5, 0.6) is 0 Å². The van der Waals surface area contributed by atoms with Crippen molar-refractivity contribution in [1.29, 1.82) is 0 Å². The Morgan fingerprint density at radius 1 is 1.16 bits per heavy atom. The number of anilines is 2. The van der Waals surface area contributed by atoms with E-state index in [-0.39, 0.29) is 29.3 Å². The first-order chi connectivity index (χ1) is 15.0. The Balaban J connectivity index is 1.35. The molecule has 5 nitrogen and oxygen atoms in total. The zero-order valence-corrected chi connectivity index (χ0v) is 19.5. The first kappa shape index (κ1) is 23.7.